The number of para-hydroxylation sites is 1. The molecule has 0 spiro atoms. The average Bonchev–Trinajstić information content (AvgIpc) is 2.69. The number of amides is 1. The SMILES string of the molecule is C[NH+](C)CCCNC(=S)NNC(=O)c1ccc(COc2ccccc2)cc1. The van der Waals surface area contributed by atoms with E-state index in [0.717, 1.165) is 30.8 Å². The highest BCUT2D eigenvalue weighted by Crippen LogP contribution is 2.12. The standard InChI is InChI=1S/C20H26N4O2S/c1-24(2)14-6-13-21-20(27)23-22-19(25)17-11-9-16(10-12-17)15-26-18-7-4-3-5-8-18/h3-5,7-12H,6,13-15H2,1-2H3,(H,22,25)(H2,21,23,27)/p+1. The Kier molecular flexibility index (Phi) is 8.54. The minimum atomic E-state index is -0.243. The first-order chi connectivity index (χ1) is 13.0. The Labute approximate surface area is 165 Å². The van der Waals surface area contributed by atoms with Gasteiger partial charge >= 0.3 is 0 Å². The van der Waals surface area contributed by atoms with Gasteiger partial charge < -0.3 is 15.0 Å². The van der Waals surface area contributed by atoms with Crippen molar-refractivity contribution in [2.45, 2.75) is 13.0 Å². The monoisotopic (exact) mass is 387 g/mol. The van der Waals surface area contributed by atoms with Crippen LogP contribution in [-0.4, -0.2) is 38.2 Å². The Hall–Kier alpha value is -2.64. The summed E-state index contributed by atoms with van der Waals surface area (Å²) in [5.74, 6) is 0.573. The third-order valence-corrected chi connectivity index (χ3v) is 4.04. The van der Waals surface area contributed by atoms with E-state index >= 15 is 0 Å². The number of carbonyl (C=O) groups excluding carboxylic acids is 1. The van der Waals surface area contributed by atoms with Crippen molar-refractivity contribution in [1.29, 1.82) is 0 Å². The number of quaternary nitrogens is 1. The second kappa shape index (κ2) is 11.2. The van der Waals surface area contributed by atoms with Gasteiger partial charge in [0.05, 0.1) is 20.6 Å². The van der Waals surface area contributed by atoms with Crippen LogP contribution in [0.3, 0.4) is 0 Å². The second-order valence-electron chi connectivity index (χ2n) is 6.44. The van der Waals surface area contributed by atoms with Gasteiger partial charge in [0.2, 0.25) is 0 Å². The van der Waals surface area contributed by atoms with Crippen LogP contribution in [0.25, 0.3) is 0 Å². The largest absolute Gasteiger partial charge is 0.489 e. The Bertz CT molecular complexity index is 721. The van der Waals surface area contributed by atoms with Gasteiger partial charge in [-0.15, -0.1) is 0 Å². The number of carbonyl (C=O) groups is 1. The lowest BCUT2D eigenvalue weighted by atomic mass is 10.1. The number of nitrogens with one attached hydrogen (secondary N) is 4. The maximum atomic E-state index is 12.2. The summed E-state index contributed by atoms with van der Waals surface area (Å²) >= 11 is 5.14. The normalized spacial score (nSPS) is 10.3. The van der Waals surface area contributed by atoms with Crippen molar-refractivity contribution in [3.05, 3.63) is 65.7 Å². The summed E-state index contributed by atoms with van der Waals surface area (Å²) < 4.78 is 5.69. The molecule has 6 nitrogen and oxygen atoms in total. The molecule has 0 saturated carbocycles. The van der Waals surface area contributed by atoms with Gasteiger partial charge in [-0.3, -0.25) is 15.6 Å². The van der Waals surface area contributed by atoms with Gasteiger partial charge in [-0.2, -0.15) is 0 Å². The minimum Gasteiger partial charge on any atom is -0.489 e. The van der Waals surface area contributed by atoms with Crippen molar-refractivity contribution in [3.63, 3.8) is 0 Å². The van der Waals surface area contributed by atoms with Crippen LogP contribution in [0.1, 0.15) is 22.3 Å². The van der Waals surface area contributed by atoms with E-state index in [0.29, 0.717) is 17.3 Å². The molecule has 2 aromatic carbocycles. The van der Waals surface area contributed by atoms with Gasteiger partial charge in [0.1, 0.15) is 12.4 Å². The highest BCUT2D eigenvalue weighted by molar-refractivity contribution is 7.80. The summed E-state index contributed by atoms with van der Waals surface area (Å²) in [4.78, 5) is 13.6. The Morgan fingerprint density at radius 1 is 1.04 bits per heavy atom. The molecule has 0 aliphatic rings. The molecule has 4 N–H and O–H groups in total. The first kappa shape index (κ1) is 20.7. The van der Waals surface area contributed by atoms with Gasteiger partial charge in [0.25, 0.3) is 5.91 Å². The highest BCUT2D eigenvalue weighted by Gasteiger charge is 2.06. The molecule has 0 heterocycles. The Morgan fingerprint density at radius 2 is 1.74 bits per heavy atom. The van der Waals surface area contributed by atoms with Crippen LogP contribution >= 0.6 is 12.2 Å². The molecule has 7 heteroatoms. The van der Waals surface area contributed by atoms with Crippen LogP contribution < -0.4 is 25.8 Å². The van der Waals surface area contributed by atoms with Crippen molar-refractivity contribution < 1.29 is 14.4 Å². The van der Waals surface area contributed by atoms with Crippen molar-refractivity contribution in [3.8, 4) is 5.75 Å². The van der Waals surface area contributed by atoms with Crippen LogP contribution in [0.5, 0.6) is 5.75 Å². The summed E-state index contributed by atoms with van der Waals surface area (Å²) in [5.41, 5.74) is 6.85. The molecular weight excluding hydrogens is 360 g/mol. The number of thiocarbonyl (C=S) groups is 1. The fourth-order valence-corrected chi connectivity index (χ4v) is 2.46. The van der Waals surface area contributed by atoms with E-state index in [2.05, 4.69) is 30.3 Å². The number of rotatable bonds is 8. The fourth-order valence-electron chi connectivity index (χ4n) is 2.31. The van der Waals surface area contributed by atoms with Gasteiger partial charge in [-0.1, -0.05) is 30.3 Å². The molecule has 0 aliphatic carbocycles. The highest BCUT2D eigenvalue weighted by atomic mass is 32.1. The lowest BCUT2D eigenvalue weighted by Gasteiger charge is -2.12. The Balaban J connectivity index is 1.71. The summed E-state index contributed by atoms with van der Waals surface area (Å²) in [6.45, 7) is 2.28. The maximum absolute atomic E-state index is 12.2. The van der Waals surface area contributed by atoms with Crippen molar-refractivity contribution in [2.24, 2.45) is 0 Å². The molecule has 0 saturated heterocycles. The molecule has 0 radical (unpaired) electrons. The lowest BCUT2D eigenvalue weighted by molar-refractivity contribution is -0.858. The smallest absolute Gasteiger partial charge is 0.269 e. The summed E-state index contributed by atoms with van der Waals surface area (Å²) in [6, 6.07) is 16.9. The Morgan fingerprint density at radius 3 is 2.41 bits per heavy atom. The zero-order chi connectivity index (χ0) is 19.5. The van der Waals surface area contributed by atoms with Crippen molar-refractivity contribution in [2.75, 3.05) is 27.2 Å². The predicted octanol–water partition coefficient (Wildman–Crippen LogP) is 0.909. The van der Waals surface area contributed by atoms with E-state index in [1.165, 1.54) is 4.90 Å². The zero-order valence-electron chi connectivity index (χ0n) is 15.7. The first-order valence-electron chi connectivity index (χ1n) is 8.94. The molecule has 27 heavy (non-hydrogen) atoms. The van der Waals surface area contributed by atoms with E-state index in [1.54, 1.807) is 12.1 Å². The minimum absolute atomic E-state index is 0.243. The van der Waals surface area contributed by atoms with Crippen LogP contribution in [0.4, 0.5) is 0 Å². The zero-order valence-corrected chi connectivity index (χ0v) is 16.6. The molecule has 0 aliphatic heterocycles. The summed E-state index contributed by atoms with van der Waals surface area (Å²) in [5, 5.41) is 3.47. The maximum Gasteiger partial charge on any atom is 0.269 e. The number of ether oxygens (including phenoxy) is 1. The van der Waals surface area contributed by atoms with E-state index < -0.39 is 0 Å². The summed E-state index contributed by atoms with van der Waals surface area (Å²) in [7, 11) is 4.21. The molecule has 1 amide bonds. The van der Waals surface area contributed by atoms with E-state index in [9.17, 15) is 4.79 Å². The predicted molar refractivity (Wildman–Crippen MR) is 111 cm³/mol. The second-order valence-corrected chi connectivity index (χ2v) is 6.85. The molecule has 0 atom stereocenters. The third-order valence-electron chi connectivity index (χ3n) is 3.79. The number of hydrogen-bond donors (Lipinski definition) is 4. The van der Waals surface area contributed by atoms with Gasteiger partial charge in [-0.05, 0) is 42.0 Å². The van der Waals surface area contributed by atoms with E-state index in [-0.39, 0.29) is 5.91 Å². The third kappa shape index (κ3) is 8.06. The molecular formula is C20H27N4O2S+. The average molecular weight is 388 g/mol. The van der Waals surface area contributed by atoms with Crippen LogP contribution in [0, 0.1) is 0 Å². The molecule has 0 aromatic heterocycles. The number of hydrazine groups is 1. The van der Waals surface area contributed by atoms with Crippen LogP contribution in [-0.2, 0) is 6.61 Å². The molecule has 2 aromatic rings. The van der Waals surface area contributed by atoms with Gasteiger partial charge in [-0.25, -0.2) is 0 Å². The van der Waals surface area contributed by atoms with Crippen LogP contribution in [0.2, 0.25) is 0 Å². The van der Waals surface area contributed by atoms with E-state index in [4.69, 9.17) is 17.0 Å². The van der Waals surface area contributed by atoms with Crippen molar-refractivity contribution >= 4 is 23.2 Å². The lowest BCUT2D eigenvalue weighted by Crippen LogP contribution is -3.05. The number of hydrogen-bond acceptors (Lipinski definition) is 3. The van der Waals surface area contributed by atoms with Gasteiger partial charge in [0.15, 0.2) is 5.11 Å². The summed E-state index contributed by atoms with van der Waals surface area (Å²) in [6.07, 6.45) is 1.00. The molecule has 0 bridgehead atoms. The van der Waals surface area contributed by atoms with Gasteiger partial charge in [0, 0.05) is 18.5 Å². The molecule has 2 rings (SSSR count). The molecule has 144 valence electrons. The van der Waals surface area contributed by atoms with Crippen molar-refractivity contribution in [1.82, 2.24) is 16.2 Å². The topological polar surface area (TPSA) is 66.8 Å². The fraction of sp³-hybridized carbons (Fsp3) is 0.300. The first-order valence-corrected chi connectivity index (χ1v) is 9.35. The quantitative estimate of drug-likeness (QED) is 0.308. The molecule has 0 unspecified atom stereocenters. The van der Waals surface area contributed by atoms with E-state index in [1.807, 2.05) is 42.5 Å². The molecule has 0 fully saturated rings. The van der Waals surface area contributed by atoms with Crippen LogP contribution in [0.15, 0.2) is 54.6 Å². The number of benzene rings is 2.